The molecule has 0 aliphatic carbocycles. The Morgan fingerprint density at radius 3 is 2.69 bits per heavy atom. The van der Waals surface area contributed by atoms with Crippen molar-refractivity contribution in [3.8, 4) is 11.5 Å². The van der Waals surface area contributed by atoms with Gasteiger partial charge >= 0.3 is 0 Å². The van der Waals surface area contributed by atoms with Crippen LogP contribution in [0.5, 0.6) is 11.5 Å². The fourth-order valence-corrected chi connectivity index (χ4v) is 3.58. The maximum atomic E-state index is 13.1. The van der Waals surface area contributed by atoms with Crippen molar-refractivity contribution in [2.45, 2.75) is 20.4 Å². The Kier molecular flexibility index (Phi) is 6.53. The molecule has 0 aliphatic rings. The van der Waals surface area contributed by atoms with Crippen LogP contribution in [0.3, 0.4) is 0 Å². The molecular formula is C21H22BrN3O4. The molecule has 0 saturated carbocycles. The average Bonchev–Trinajstić information content (AvgIpc) is 2.73. The summed E-state index contributed by atoms with van der Waals surface area (Å²) in [5.41, 5.74) is 0.821. The molecular weight excluding hydrogens is 438 g/mol. The Morgan fingerprint density at radius 2 is 2.00 bits per heavy atom. The summed E-state index contributed by atoms with van der Waals surface area (Å²) >= 11 is 3.45. The minimum Gasteiger partial charge on any atom is -0.493 e. The first kappa shape index (κ1) is 20.9. The zero-order valence-electron chi connectivity index (χ0n) is 16.5. The van der Waals surface area contributed by atoms with E-state index in [-0.39, 0.29) is 18.0 Å². The molecule has 3 aromatic rings. The SMILES string of the molecule is CCOc1c(Br)cc(C(=O)N(CC)Cc2nc3ccccc3c(=O)[nH]2)cc1OC. The van der Waals surface area contributed by atoms with Crippen LogP contribution in [0.1, 0.15) is 30.0 Å². The molecule has 29 heavy (non-hydrogen) atoms. The fourth-order valence-electron chi connectivity index (χ4n) is 3.03. The maximum Gasteiger partial charge on any atom is 0.258 e. The number of nitrogens with zero attached hydrogens (tertiary/aromatic N) is 2. The summed E-state index contributed by atoms with van der Waals surface area (Å²) in [4.78, 5) is 34.3. The number of amides is 1. The second-order valence-electron chi connectivity index (χ2n) is 6.27. The number of para-hydroxylation sites is 1. The molecule has 1 amide bonds. The second kappa shape index (κ2) is 9.09. The molecule has 152 valence electrons. The molecule has 0 unspecified atom stereocenters. The molecule has 0 radical (unpaired) electrons. The number of ether oxygens (including phenoxy) is 2. The normalized spacial score (nSPS) is 10.8. The zero-order chi connectivity index (χ0) is 21.0. The third kappa shape index (κ3) is 4.42. The third-order valence-corrected chi connectivity index (χ3v) is 5.03. The largest absolute Gasteiger partial charge is 0.493 e. The van der Waals surface area contributed by atoms with Gasteiger partial charge in [0.05, 0.1) is 35.6 Å². The van der Waals surface area contributed by atoms with Crippen LogP contribution in [0.4, 0.5) is 0 Å². The summed E-state index contributed by atoms with van der Waals surface area (Å²) in [6, 6.07) is 10.5. The molecule has 0 bridgehead atoms. The number of methoxy groups -OCH3 is 1. The van der Waals surface area contributed by atoms with Gasteiger partial charge in [0.2, 0.25) is 0 Å². The number of rotatable bonds is 7. The smallest absolute Gasteiger partial charge is 0.258 e. The van der Waals surface area contributed by atoms with E-state index in [9.17, 15) is 9.59 Å². The predicted octanol–water partition coefficient (Wildman–Crippen LogP) is 3.76. The lowest BCUT2D eigenvalue weighted by molar-refractivity contribution is 0.0748. The molecule has 0 aliphatic heterocycles. The van der Waals surface area contributed by atoms with Crippen LogP contribution < -0.4 is 15.0 Å². The Bertz CT molecular complexity index is 1100. The fraction of sp³-hybridized carbons (Fsp3) is 0.286. The van der Waals surface area contributed by atoms with Gasteiger partial charge in [-0.25, -0.2) is 4.98 Å². The van der Waals surface area contributed by atoms with Gasteiger partial charge in [-0.2, -0.15) is 0 Å². The number of halogens is 1. The summed E-state index contributed by atoms with van der Waals surface area (Å²) in [5.74, 6) is 1.25. The van der Waals surface area contributed by atoms with E-state index >= 15 is 0 Å². The van der Waals surface area contributed by atoms with Gasteiger partial charge in [-0.15, -0.1) is 0 Å². The number of aromatic nitrogens is 2. The Balaban J connectivity index is 1.91. The highest BCUT2D eigenvalue weighted by atomic mass is 79.9. The topological polar surface area (TPSA) is 84.5 Å². The minimum absolute atomic E-state index is 0.183. The quantitative estimate of drug-likeness (QED) is 0.581. The Hall–Kier alpha value is -2.87. The van der Waals surface area contributed by atoms with Gasteiger partial charge in [-0.05, 0) is 54.0 Å². The molecule has 0 saturated heterocycles. The minimum atomic E-state index is -0.223. The molecule has 1 aromatic heterocycles. The van der Waals surface area contributed by atoms with Crippen LogP contribution in [0, 0.1) is 0 Å². The molecule has 0 fully saturated rings. The highest BCUT2D eigenvalue weighted by molar-refractivity contribution is 9.10. The molecule has 0 spiro atoms. The summed E-state index contributed by atoms with van der Waals surface area (Å²) in [7, 11) is 1.53. The second-order valence-corrected chi connectivity index (χ2v) is 7.13. The maximum absolute atomic E-state index is 13.1. The summed E-state index contributed by atoms with van der Waals surface area (Å²) in [6.07, 6.45) is 0. The van der Waals surface area contributed by atoms with Crippen molar-refractivity contribution in [1.82, 2.24) is 14.9 Å². The molecule has 1 N–H and O–H groups in total. The Morgan fingerprint density at radius 1 is 1.24 bits per heavy atom. The van der Waals surface area contributed by atoms with Crippen molar-refractivity contribution in [3.05, 3.63) is 62.6 Å². The lowest BCUT2D eigenvalue weighted by atomic mass is 10.1. The van der Waals surface area contributed by atoms with Gasteiger partial charge in [0, 0.05) is 12.1 Å². The Labute approximate surface area is 176 Å². The van der Waals surface area contributed by atoms with Gasteiger partial charge < -0.3 is 19.4 Å². The van der Waals surface area contributed by atoms with Crippen LogP contribution in [0.15, 0.2) is 45.7 Å². The van der Waals surface area contributed by atoms with Crippen LogP contribution in [-0.4, -0.2) is 41.0 Å². The average molecular weight is 460 g/mol. The number of hydrogen-bond acceptors (Lipinski definition) is 5. The van der Waals surface area contributed by atoms with E-state index in [1.807, 2.05) is 19.9 Å². The van der Waals surface area contributed by atoms with E-state index in [0.29, 0.717) is 51.4 Å². The first-order valence-electron chi connectivity index (χ1n) is 9.26. The number of aromatic amines is 1. The van der Waals surface area contributed by atoms with E-state index in [0.717, 1.165) is 0 Å². The van der Waals surface area contributed by atoms with Crippen LogP contribution in [-0.2, 0) is 6.54 Å². The standard InChI is InChI=1S/C21H22BrN3O4/c1-4-25(12-18-23-16-9-7-6-8-14(16)20(26)24-18)21(27)13-10-15(22)19(29-5-2)17(11-13)28-3/h6-11H,4-5,12H2,1-3H3,(H,23,24,26). The van der Waals surface area contributed by atoms with Crippen LogP contribution >= 0.6 is 15.9 Å². The third-order valence-electron chi connectivity index (χ3n) is 4.44. The number of hydrogen-bond donors (Lipinski definition) is 1. The van der Waals surface area contributed by atoms with Crippen molar-refractivity contribution < 1.29 is 14.3 Å². The first-order chi connectivity index (χ1) is 14.0. The molecule has 8 heteroatoms. The number of H-pyrrole nitrogens is 1. The first-order valence-corrected chi connectivity index (χ1v) is 10.0. The van der Waals surface area contributed by atoms with E-state index in [1.165, 1.54) is 7.11 Å². The molecule has 0 atom stereocenters. The van der Waals surface area contributed by atoms with Gasteiger partial charge in [0.1, 0.15) is 5.82 Å². The van der Waals surface area contributed by atoms with Gasteiger partial charge in [0.15, 0.2) is 11.5 Å². The highest BCUT2D eigenvalue weighted by Crippen LogP contribution is 2.37. The number of carbonyl (C=O) groups excluding carboxylic acids is 1. The lowest BCUT2D eigenvalue weighted by Crippen LogP contribution is -2.32. The summed E-state index contributed by atoms with van der Waals surface area (Å²) in [6.45, 7) is 4.86. The van der Waals surface area contributed by atoms with Crippen molar-refractivity contribution in [2.24, 2.45) is 0 Å². The van der Waals surface area contributed by atoms with Gasteiger partial charge in [-0.1, -0.05) is 12.1 Å². The van der Waals surface area contributed by atoms with Crippen LogP contribution in [0.2, 0.25) is 0 Å². The van der Waals surface area contributed by atoms with E-state index in [4.69, 9.17) is 9.47 Å². The predicted molar refractivity (Wildman–Crippen MR) is 115 cm³/mol. The molecule has 1 heterocycles. The van der Waals surface area contributed by atoms with Crippen molar-refractivity contribution >= 4 is 32.7 Å². The van der Waals surface area contributed by atoms with E-state index in [2.05, 4.69) is 25.9 Å². The number of nitrogens with one attached hydrogen (secondary N) is 1. The number of carbonyl (C=O) groups is 1. The van der Waals surface area contributed by atoms with Gasteiger partial charge in [0.25, 0.3) is 11.5 Å². The zero-order valence-corrected chi connectivity index (χ0v) is 18.1. The van der Waals surface area contributed by atoms with Crippen LogP contribution in [0.25, 0.3) is 10.9 Å². The lowest BCUT2D eigenvalue weighted by Gasteiger charge is -2.21. The molecule has 2 aromatic carbocycles. The number of benzene rings is 2. The molecule has 7 nitrogen and oxygen atoms in total. The van der Waals surface area contributed by atoms with Gasteiger partial charge in [-0.3, -0.25) is 9.59 Å². The van der Waals surface area contributed by atoms with Crippen molar-refractivity contribution in [1.29, 1.82) is 0 Å². The van der Waals surface area contributed by atoms with E-state index < -0.39 is 0 Å². The highest BCUT2D eigenvalue weighted by Gasteiger charge is 2.20. The van der Waals surface area contributed by atoms with Crippen molar-refractivity contribution in [2.75, 3.05) is 20.3 Å². The summed E-state index contributed by atoms with van der Waals surface area (Å²) < 4.78 is 11.6. The molecule has 3 rings (SSSR count). The van der Waals surface area contributed by atoms with E-state index in [1.54, 1.807) is 35.2 Å². The van der Waals surface area contributed by atoms with Crippen molar-refractivity contribution in [3.63, 3.8) is 0 Å². The monoisotopic (exact) mass is 459 g/mol. The number of fused-ring (bicyclic) bond motifs is 1. The summed E-state index contributed by atoms with van der Waals surface area (Å²) in [5, 5.41) is 0.519.